The molecule has 0 spiro atoms. The molecule has 0 amide bonds. The van der Waals surface area contributed by atoms with Crippen LogP contribution in [0.5, 0.6) is 0 Å². The fourth-order valence-electron chi connectivity index (χ4n) is 2.08. The number of hydrogen-bond acceptors (Lipinski definition) is 4. The Labute approximate surface area is 130 Å². The van der Waals surface area contributed by atoms with Gasteiger partial charge in [-0.25, -0.2) is 13.1 Å². The molecule has 0 aliphatic rings. The van der Waals surface area contributed by atoms with E-state index in [9.17, 15) is 12.6 Å². The largest absolute Gasteiger partial charge is 0.310 e. The molecule has 7 heteroatoms. The van der Waals surface area contributed by atoms with E-state index >= 15 is 0 Å². The minimum Gasteiger partial charge on any atom is -0.310 e. The van der Waals surface area contributed by atoms with Crippen molar-refractivity contribution in [1.82, 2.24) is 10.0 Å². The SMILES string of the molecule is CCNC(C)c1ccc(S(=O)(=O)NC(C)CS(C)=O)cc1. The van der Waals surface area contributed by atoms with E-state index in [1.165, 1.54) is 0 Å². The molecule has 3 unspecified atom stereocenters. The molecule has 120 valence electrons. The quantitative estimate of drug-likeness (QED) is 0.754. The van der Waals surface area contributed by atoms with Gasteiger partial charge in [-0.3, -0.25) is 4.21 Å². The van der Waals surface area contributed by atoms with Gasteiger partial charge in [0.25, 0.3) is 0 Å². The molecule has 0 radical (unpaired) electrons. The van der Waals surface area contributed by atoms with Crippen LogP contribution in [-0.2, 0) is 20.8 Å². The summed E-state index contributed by atoms with van der Waals surface area (Å²) in [5, 5.41) is 3.27. The minimum atomic E-state index is -3.56. The third-order valence-electron chi connectivity index (χ3n) is 3.04. The smallest absolute Gasteiger partial charge is 0.240 e. The maximum atomic E-state index is 12.2. The van der Waals surface area contributed by atoms with Gasteiger partial charge in [0.05, 0.1) is 4.90 Å². The Kier molecular flexibility index (Phi) is 6.99. The Morgan fingerprint density at radius 1 is 1.19 bits per heavy atom. The fourth-order valence-corrected chi connectivity index (χ4v) is 4.22. The molecule has 3 atom stereocenters. The zero-order valence-corrected chi connectivity index (χ0v) is 14.6. The third-order valence-corrected chi connectivity index (χ3v) is 5.62. The molecular formula is C14H24N2O3S2. The van der Waals surface area contributed by atoms with E-state index in [2.05, 4.69) is 10.0 Å². The molecule has 0 heterocycles. The predicted octanol–water partition coefficient (Wildman–Crippen LogP) is 1.40. The van der Waals surface area contributed by atoms with E-state index in [1.807, 2.05) is 26.0 Å². The van der Waals surface area contributed by atoms with Gasteiger partial charge in [-0.2, -0.15) is 0 Å². The topological polar surface area (TPSA) is 75.3 Å². The second-order valence-corrected chi connectivity index (χ2v) is 8.30. The minimum absolute atomic E-state index is 0.182. The molecule has 2 N–H and O–H groups in total. The summed E-state index contributed by atoms with van der Waals surface area (Å²) in [6.45, 7) is 6.62. The zero-order valence-electron chi connectivity index (χ0n) is 12.9. The molecule has 1 aromatic carbocycles. The highest BCUT2D eigenvalue weighted by molar-refractivity contribution is 7.89. The molecule has 0 saturated carbocycles. The van der Waals surface area contributed by atoms with Gasteiger partial charge in [0.1, 0.15) is 0 Å². The van der Waals surface area contributed by atoms with Crippen LogP contribution >= 0.6 is 0 Å². The summed E-state index contributed by atoms with van der Waals surface area (Å²) in [4.78, 5) is 0.226. The highest BCUT2D eigenvalue weighted by atomic mass is 32.2. The summed E-state index contributed by atoms with van der Waals surface area (Å²) < 4.78 is 38.1. The average molecular weight is 332 g/mol. The molecule has 5 nitrogen and oxygen atoms in total. The van der Waals surface area contributed by atoms with Crippen molar-refractivity contribution in [2.45, 2.75) is 37.8 Å². The summed E-state index contributed by atoms with van der Waals surface area (Å²) >= 11 is 0. The lowest BCUT2D eigenvalue weighted by Gasteiger charge is -2.15. The van der Waals surface area contributed by atoms with Gasteiger partial charge < -0.3 is 5.32 Å². The van der Waals surface area contributed by atoms with Gasteiger partial charge in [0, 0.05) is 34.9 Å². The molecule has 0 bridgehead atoms. The summed E-state index contributed by atoms with van der Waals surface area (Å²) in [7, 11) is -4.60. The standard InChI is InChI=1S/C14H24N2O3S2/c1-5-15-12(3)13-6-8-14(9-7-13)21(18,19)16-11(2)10-20(4)17/h6-9,11-12,15-16H,5,10H2,1-4H3. The number of hydrogen-bond donors (Lipinski definition) is 2. The van der Waals surface area contributed by atoms with Crippen LogP contribution in [0.15, 0.2) is 29.2 Å². The monoisotopic (exact) mass is 332 g/mol. The van der Waals surface area contributed by atoms with Crippen molar-refractivity contribution in [2.24, 2.45) is 0 Å². The van der Waals surface area contributed by atoms with Crippen LogP contribution in [-0.4, -0.2) is 37.2 Å². The van der Waals surface area contributed by atoms with Crippen molar-refractivity contribution in [1.29, 1.82) is 0 Å². The van der Waals surface area contributed by atoms with Crippen molar-refractivity contribution in [3.05, 3.63) is 29.8 Å². The first-order chi connectivity index (χ1) is 9.76. The van der Waals surface area contributed by atoms with Gasteiger partial charge in [-0.05, 0) is 38.1 Å². The summed E-state index contributed by atoms with van der Waals surface area (Å²) in [6, 6.07) is 6.64. The van der Waals surface area contributed by atoms with E-state index in [-0.39, 0.29) is 17.0 Å². The van der Waals surface area contributed by atoms with Crippen molar-refractivity contribution < 1.29 is 12.6 Å². The van der Waals surface area contributed by atoms with Crippen LogP contribution in [0, 0.1) is 0 Å². The molecule has 1 aromatic rings. The first-order valence-corrected chi connectivity index (χ1v) is 10.1. The first kappa shape index (κ1) is 18.3. The molecular weight excluding hydrogens is 308 g/mol. The number of sulfonamides is 1. The molecule has 0 aliphatic heterocycles. The van der Waals surface area contributed by atoms with Crippen molar-refractivity contribution in [3.63, 3.8) is 0 Å². The number of benzene rings is 1. The first-order valence-electron chi connectivity index (χ1n) is 6.92. The third kappa shape index (κ3) is 5.86. The van der Waals surface area contributed by atoms with Crippen molar-refractivity contribution in [3.8, 4) is 0 Å². The summed E-state index contributed by atoms with van der Waals surface area (Å²) in [6.07, 6.45) is 1.56. The Morgan fingerprint density at radius 2 is 1.76 bits per heavy atom. The van der Waals surface area contributed by atoms with Gasteiger partial charge in [0.2, 0.25) is 10.0 Å². The molecule has 0 aromatic heterocycles. The van der Waals surface area contributed by atoms with Crippen LogP contribution < -0.4 is 10.0 Å². The van der Waals surface area contributed by atoms with E-state index in [0.29, 0.717) is 5.75 Å². The number of rotatable bonds is 8. The summed E-state index contributed by atoms with van der Waals surface area (Å²) in [5.74, 6) is 0.300. The Balaban J connectivity index is 2.82. The van der Waals surface area contributed by atoms with E-state index in [1.54, 1.807) is 25.3 Å². The normalized spacial score (nSPS) is 16.4. The molecule has 1 rings (SSSR count). The maximum absolute atomic E-state index is 12.2. The van der Waals surface area contributed by atoms with Crippen LogP contribution in [0.3, 0.4) is 0 Å². The van der Waals surface area contributed by atoms with Crippen LogP contribution in [0.4, 0.5) is 0 Å². The van der Waals surface area contributed by atoms with Crippen LogP contribution in [0.25, 0.3) is 0 Å². The molecule has 0 aliphatic carbocycles. The van der Waals surface area contributed by atoms with Crippen molar-refractivity contribution in [2.75, 3.05) is 18.6 Å². The number of nitrogens with one attached hydrogen (secondary N) is 2. The highest BCUT2D eigenvalue weighted by Crippen LogP contribution is 2.16. The Bertz CT molecular complexity index is 570. The van der Waals surface area contributed by atoms with E-state index in [4.69, 9.17) is 0 Å². The van der Waals surface area contributed by atoms with Gasteiger partial charge in [-0.1, -0.05) is 19.1 Å². The predicted molar refractivity (Wildman–Crippen MR) is 87.3 cm³/mol. The lowest BCUT2D eigenvalue weighted by atomic mass is 10.1. The Morgan fingerprint density at radius 3 is 2.24 bits per heavy atom. The summed E-state index contributed by atoms with van der Waals surface area (Å²) in [5.41, 5.74) is 1.04. The molecule has 0 saturated heterocycles. The lowest BCUT2D eigenvalue weighted by molar-refractivity contribution is 0.569. The van der Waals surface area contributed by atoms with Gasteiger partial charge in [-0.15, -0.1) is 0 Å². The van der Waals surface area contributed by atoms with Gasteiger partial charge >= 0.3 is 0 Å². The van der Waals surface area contributed by atoms with Crippen molar-refractivity contribution >= 4 is 20.8 Å². The maximum Gasteiger partial charge on any atom is 0.240 e. The van der Waals surface area contributed by atoms with E-state index < -0.39 is 20.8 Å². The molecule has 0 fully saturated rings. The highest BCUT2D eigenvalue weighted by Gasteiger charge is 2.18. The Hall–Kier alpha value is -0.760. The zero-order chi connectivity index (χ0) is 16.0. The lowest BCUT2D eigenvalue weighted by Crippen LogP contribution is -2.36. The second kappa shape index (κ2) is 8.03. The molecule has 21 heavy (non-hydrogen) atoms. The van der Waals surface area contributed by atoms with Gasteiger partial charge in [0.15, 0.2) is 0 Å². The van der Waals surface area contributed by atoms with E-state index in [0.717, 1.165) is 12.1 Å². The second-order valence-electron chi connectivity index (χ2n) is 5.11. The van der Waals surface area contributed by atoms with Crippen LogP contribution in [0.1, 0.15) is 32.4 Å². The fraction of sp³-hybridized carbons (Fsp3) is 0.571. The average Bonchev–Trinajstić information content (AvgIpc) is 2.37. The van der Waals surface area contributed by atoms with Crippen LogP contribution in [0.2, 0.25) is 0 Å².